The Bertz CT molecular complexity index is 671. The van der Waals surface area contributed by atoms with E-state index in [1.807, 2.05) is 58.3 Å². The lowest BCUT2D eigenvalue weighted by atomic mass is 10.1. The zero-order valence-electron chi connectivity index (χ0n) is 13.8. The Morgan fingerprint density at radius 2 is 1.67 bits per heavy atom. The van der Waals surface area contributed by atoms with Gasteiger partial charge in [-0.3, -0.25) is 9.59 Å². The number of amides is 2. The monoisotopic (exact) mass is 325 g/mol. The third-order valence-corrected chi connectivity index (χ3v) is 4.35. The predicted molar refractivity (Wildman–Crippen MR) is 92.5 cm³/mol. The molecule has 1 aliphatic heterocycles. The lowest BCUT2D eigenvalue weighted by molar-refractivity contribution is -0.121. The van der Waals surface area contributed by atoms with Gasteiger partial charge in [-0.15, -0.1) is 0 Å². The molecule has 0 aliphatic carbocycles. The van der Waals surface area contributed by atoms with Crippen LogP contribution in [0.5, 0.6) is 0 Å². The zero-order chi connectivity index (χ0) is 16.8. The van der Waals surface area contributed by atoms with Crippen molar-refractivity contribution in [2.75, 3.05) is 13.1 Å². The van der Waals surface area contributed by atoms with Crippen LogP contribution in [0.1, 0.15) is 35.2 Å². The topological polar surface area (TPSA) is 54.3 Å². The highest BCUT2D eigenvalue weighted by molar-refractivity contribution is 5.94. The minimum absolute atomic E-state index is 0.0286. The number of carbonyl (C=O) groups is 2. The van der Waals surface area contributed by atoms with E-state index in [0.29, 0.717) is 19.5 Å². The molecular weight excluding hydrogens is 302 g/mol. The van der Waals surface area contributed by atoms with Gasteiger partial charge in [-0.05, 0) is 42.7 Å². The summed E-state index contributed by atoms with van der Waals surface area (Å²) in [6.45, 7) is 2.89. The summed E-state index contributed by atoms with van der Waals surface area (Å²) in [6, 6.07) is 11.4. The SMILES string of the molecule is O=C(CCn1cccc1)NCc1ccc(C(=O)N2CCCC2)cc1. The van der Waals surface area contributed by atoms with Gasteiger partial charge >= 0.3 is 0 Å². The number of carbonyl (C=O) groups excluding carboxylic acids is 2. The van der Waals surface area contributed by atoms with Gasteiger partial charge in [-0.1, -0.05) is 12.1 Å². The molecule has 0 bridgehead atoms. The summed E-state index contributed by atoms with van der Waals surface area (Å²) in [5, 5.41) is 2.92. The summed E-state index contributed by atoms with van der Waals surface area (Å²) in [4.78, 5) is 26.1. The van der Waals surface area contributed by atoms with Crippen molar-refractivity contribution in [2.45, 2.75) is 32.4 Å². The van der Waals surface area contributed by atoms with E-state index >= 15 is 0 Å². The Kier molecular flexibility index (Phi) is 5.31. The third kappa shape index (κ3) is 4.25. The normalized spacial score (nSPS) is 13.9. The van der Waals surface area contributed by atoms with Gasteiger partial charge in [0.15, 0.2) is 0 Å². The fraction of sp³-hybridized carbons (Fsp3) is 0.368. The Labute approximate surface area is 142 Å². The molecule has 0 radical (unpaired) electrons. The smallest absolute Gasteiger partial charge is 0.253 e. The highest BCUT2D eigenvalue weighted by Gasteiger charge is 2.19. The fourth-order valence-corrected chi connectivity index (χ4v) is 2.91. The van der Waals surface area contributed by atoms with Crippen LogP contribution in [-0.4, -0.2) is 34.4 Å². The first-order valence-electron chi connectivity index (χ1n) is 8.48. The summed E-state index contributed by atoms with van der Waals surface area (Å²) in [7, 11) is 0. The van der Waals surface area contributed by atoms with Crippen LogP contribution in [-0.2, 0) is 17.9 Å². The maximum atomic E-state index is 12.3. The standard InChI is InChI=1S/C19H23N3O2/c23-18(9-14-21-10-1-2-11-21)20-15-16-5-7-17(8-6-16)19(24)22-12-3-4-13-22/h1-2,5-8,10-11H,3-4,9,12-15H2,(H,20,23). The van der Waals surface area contributed by atoms with Gasteiger partial charge in [0, 0.05) is 50.6 Å². The van der Waals surface area contributed by atoms with E-state index in [9.17, 15) is 9.59 Å². The number of aromatic nitrogens is 1. The quantitative estimate of drug-likeness (QED) is 0.887. The molecule has 0 spiro atoms. The summed E-state index contributed by atoms with van der Waals surface area (Å²) in [5.41, 5.74) is 1.72. The number of aryl methyl sites for hydroxylation is 1. The average molecular weight is 325 g/mol. The van der Waals surface area contributed by atoms with Crippen LogP contribution in [0.2, 0.25) is 0 Å². The van der Waals surface area contributed by atoms with E-state index in [-0.39, 0.29) is 11.8 Å². The molecule has 3 rings (SSSR count). The Morgan fingerprint density at radius 3 is 2.33 bits per heavy atom. The van der Waals surface area contributed by atoms with Crippen LogP contribution in [0.25, 0.3) is 0 Å². The zero-order valence-corrected chi connectivity index (χ0v) is 13.8. The molecule has 24 heavy (non-hydrogen) atoms. The van der Waals surface area contributed by atoms with Gasteiger partial charge < -0.3 is 14.8 Å². The van der Waals surface area contributed by atoms with Crippen molar-refractivity contribution in [1.29, 1.82) is 0 Å². The van der Waals surface area contributed by atoms with E-state index in [4.69, 9.17) is 0 Å². The van der Waals surface area contributed by atoms with Gasteiger partial charge in [0.05, 0.1) is 0 Å². The maximum Gasteiger partial charge on any atom is 0.253 e. The number of benzene rings is 1. The molecule has 126 valence electrons. The van der Waals surface area contributed by atoms with Crippen molar-refractivity contribution in [3.05, 3.63) is 59.9 Å². The highest BCUT2D eigenvalue weighted by atomic mass is 16.2. The second kappa shape index (κ2) is 7.81. The van der Waals surface area contributed by atoms with Crippen molar-refractivity contribution in [3.8, 4) is 0 Å². The minimum atomic E-state index is 0.0286. The number of nitrogens with zero attached hydrogens (tertiary/aromatic N) is 2. The van der Waals surface area contributed by atoms with Gasteiger partial charge in [-0.25, -0.2) is 0 Å². The molecule has 1 N–H and O–H groups in total. The van der Waals surface area contributed by atoms with E-state index in [2.05, 4.69) is 5.32 Å². The molecule has 1 aromatic carbocycles. The molecule has 1 aliphatic rings. The molecular formula is C19H23N3O2. The molecule has 1 saturated heterocycles. The number of hydrogen-bond donors (Lipinski definition) is 1. The van der Waals surface area contributed by atoms with E-state index < -0.39 is 0 Å². The fourth-order valence-electron chi connectivity index (χ4n) is 2.91. The van der Waals surface area contributed by atoms with Crippen molar-refractivity contribution >= 4 is 11.8 Å². The maximum absolute atomic E-state index is 12.3. The van der Waals surface area contributed by atoms with Crippen molar-refractivity contribution < 1.29 is 9.59 Å². The molecule has 2 aromatic rings. The molecule has 0 atom stereocenters. The summed E-state index contributed by atoms with van der Waals surface area (Å²) >= 11 is 0. The Morgan fingerprint density at radius 1 is 1.00 bits per heavy atom. The number of likely N-dealkylation sites (tertiary alicyclic amines) is 1. The summed E-state index contributed by atoms with van der Waals surface area (Å²) < 4.78 is 1.98. The van der Waals surface area contributed by atoms with Crippen molar-refractivity contribution in [1.82, 2.24) is 14.8 Å². The number of rotatable bonds is 6. The molecule has 5 nitrogen and oxygen atoms in total. The van der Waals surface area contributed by atoms with Crippen LogP contribution in [0, 0.1) is 0 Å². The number of hydrogen-bond acceptors (Lipinski definition) is 2. The summed E-state index contributed by atoms with van der Waals surface area (Å²) in [5.74, 6) is 0.135. The van der Waals surface area contributed by atoms with Crippen LogP contribution in [0.4, 0.5) is 0 Å². The molecule has 5 heteroatoms. The highest BCUT2D eigenvalue weighted by Crippen LogP contribution is 2.13. The molecule has 1 fully saturated rings. The number of nitrogens with one attached hydrogen (secondary N) is 1. The van der Waals surface area contributed by atoms with Gasteiger partial charge in [0.2, 0.25) is 5.91 Å². The van der Waals surface area contributed by atoms with Gasteiger partial charge in [0.25, 0.3) is 5.91 Å². The van der Waals surface area contributed by atoms with Crippen LogP contribution in [0.15, 0.2) is 48.8 Å². The van der Waals surface area contributed by atoms with Crippen LogP contribution in [0.3, 0.4) is 0 Å². The van der Waals surface area contributed by atoms with Crippen molar-refractivity contribution in [2.24, 2.45) is 0 Å². The molecule has 0 unspecified atom stereocenters. The minimum Gasteiger partial charge on any atom is -0.354 e. The first-order valence-corrected chi connectivity index (χ1v) is 8.48. The third-order valence-electron chi connectivity index (χ3n) is 4.35. The molecule has 2 heterocycles. The second-order valence-corrected chi connectivity index (χ2v) is 6.14. The average Bonchev–Trinajstić information content (AvgIpc) is 3.31. The van der Waals surface area contributed by atoms with Gasteiger partial charge in [0.1, 0.15) is 0 Å². The van der Waals surface area contributed by atoms with Crippen LogP contribution < -0.4 is 5.32 Å². The Hall–Kier alpha value is -2.56. The summed E-state index contributed by atoms with van der Waals surface area (Å²) in [6.07, 6.45) is 6.55. The van der Waals surface area contributed by atoms with E-state index in [1.165, 1.54) is 0 Å². The first-order chi connectivity index (χ1) is 11.7. The van der Waals surface area contributed by atoms with Crippen LogP contribution >= 0.6 is 0 Å². The predicted octanol–water partition coefficient (Wildman–Crippen LogP) is 2.43. The Balaban J connectivity index is 1.45. The van der Waals surface area contributed by atoms with E-state index in [0.717, 1.165) is 37.1 Å². The van der Waals surface area contributed by atoms with E-state index in [1.54, 1.807) is 0 Å². The lowest BCUT2D eigenvalue weighted by Gasteiger charge is -2.15. The molecule has 2 amide bonds. The largest absolute Gasteiger partial charge is 0.354 e. The van der Waals surface area contributed by atoms with Crippen molar-refractivity contribution in [3.63, 3.8) is 0 Å². The first kappa shape index (κ1) is 16.3. The lowest BCUT2D eigenvalue weighted by Crippen LogP contribution is -2.27. The van der Waals surface area contributed by atoms with Gasteiger partial charge in [-0.2, -0.15) is 0 Å². The molecule has 1 aromatic heterocycles. The second-order valence-electron chi connectivity index (χ2n) is 6.14. The molecule has 0 saturated carbocycles.